The Morgan fingerprint density at radius 3 is 2.28 bits per heavy atom. The van der Waals surface area contributed by atoms with Crippen LogP contribution in [0.15, 0.2) is 0 Å². The van der Waals surface area contributed by atoms with Crippen LogP contribution in [0.25, 0.3) is 0 Å². The number of hydrogen-bond acceptors (Lipinski definition) is 7. The Labute approximate surface area is 150 Å². The van der Waals surface area contributed by atoms with Gasteiger partial charge in [0, 0.05) is 13.0 Å². The molecule has 0 radical (unpaired) electrons. The van der Waals surface area contributed by atoms with E-state index < -0.39 is 30.7 Å². The SMILES string of the molecule is CCCCCCCC(=O)OC[C@H]1O[C@@H](OCCCC)[C@H](O)[C@@H](O)[C@@H]1O. The lowest BCUT2D eigenvalue weighted by Crippen LogP contribution is -2.59. The van der Waals surface area contributed by atoms with Gasteiger partial charge in [-0.3, -0.25) is 4.79 Å². The third-order valence-corrected chi connectivity index (χ3v) is 4.34. The number of hydrogen-bond donors (Lipinski definition) is 3. The van der Waals surface area contributed by atoms with Crippen LogP contribution in [0.3, 0.4) is 0 Å². The highest BCUT2D eigenvalue weighted by atomic mass is 16.7. The molecule has 1 saturated heterocycles. The maximum absolute atomic E-state index is 11.8. The minimum atomic E-state index is -1.40. The molecule has 1 aliphatic heterocycles. The van der Waals surface area contributed by atoms with Gasteiger partial charge in [0.25, 0.3) is 0 Å². The Bertz CT molecular complexity index is 363. The molecule has 0 bridgehead atoms. The first-order chi connectivity index (χ1) is 12.0. The first-order valence-electron chi connectivity index (χ1n) is 9.48. The first-order valence-corrected chi connectivity index (χ1v) is 9.48. The molecule has 5 atom stereocenters. The van der Waals surface area contributed by atoms with Crippen molar-refractivity contribution < 1.29 is 34.3 Å². The summed E-state index contributed by atoms with van der Waals surface area (Å²) in [4.78, 5) is 11.8. The largest absolute Gasteiger partial charge is 0.463 e. The Balaban J connectivity index is 2.35. The lowest BCUT2D eigenvalue weighted by atomic mass is 9.99. The van der Waals surface area contributed by atoms with Gasteiger partial charge in [0.15, 0.2) is 6.29 Å². The molecule has 0 unspecified atom stereocenters. The van der Waals surface area contributed by atoms with Crippen molar-refractivity contribution in [2.24, 2.45) is 0 Å². The highest BCUT2D eigenvalue weighted by molar-refractivity contribution is 5.69. The predicted molar refractivity (Wildman–Crippen MR) is 91.9 cm³/mol. The monoisotopic (exact) mass is 362 g/mol. The molecule has 0 saturated carbocycles. The van der Waals surface area contributed by atoms with Crippen molar-refractivity contribution in [1.82, 2.24) is 0 Å². The molecule has 7 heteroatoms. The van der Waals surface area contributed by atoms with Gasteiger partial charge in [0.2, 0.25) is 0 Å². The van der Waals surface area contributed by atoms with Crippen LogP contribution in [0.4, 0.5) is 0 Å². The number of carbonyl (C=O) groups excluding carboxylic acids is 1. The molecule has 0 aliphatic carbocycles. The smallest absolute Gasteiger partial charge is 0.305 e. The number of ether oxygens (including phenoxy) is 3. The zero-order valence-corrected chi connectivity index (χ0v) is 15.4. The van der Waals surface area contributed by atoms with E-state index in [0.29, 0.717) is 13.0 Å². The van der Waals surface area contributed by atoms with Crippen LogP contribution in [0.5, 0.6) is 0 Å². The van der Waals surface area contributed by atoms with Gasteiger partial charge in [0.1, 0.15) is 31.0 Å². The summed E-state index contributed by atoms with van der Waals surface area (Å²) in [6.07, 6.45) is 1.19. The second-order valence-corrected chi connectivity index (χ2v) is 6.59. The quantitative estimate of drug-likeness (QED) is 0.357. The topological polar surface area (TPSA) is 105 Å². The Morgan fingerprint density at radius 1 is 0.920 bits per heavy atom. The van der Waals surface area contributed by atoms with E-state index in [4.69, 9.17) is 14.2 Å². The van der Waals surface area contributed by atoms with Gasteiger partial charge in [-0.1, -0.05) is 46.0 Å². The van der Waals surface area contributed by atoms with Crippen molar-refractivity contribution in [3.05, 3.63) is 0 Å². The summed E-state index contributed by atoms with van der Waals surface area (Å²) in [5, 5.41) is 29.9. The average molecular weight is 362 g/mol. The molecule has 25 heavy (non-hydrogen) atoms. The van der Waals surface area contributed by atoms with Crippen molar-refractivity contribution in [1.29, 1.82) is 0 Å². The lowest BCUT2D eigenvalue weighted by molar-refractivity contribution is -0.301. The van der Waals surface area contributed by atoms with Crippen LogP contribution in [-0.4, -0.2) is 65.2 Å². The zero-order chi connectivity index (χ0) is 18.7. The Kier molecular flexibility index (Phi) is 11.2. The number of esters is 1. The van der Waals surface area contributed by atoms with Crippen LogP contribution >= 0.6 is 0 Å². The van der Waals surface area contributed by atoms with E-state index >= 15 is 0 Å². The van der Waals surface area contributed by atoms with Crippen molar-refractivity contribution >= 4 is 5.97 Å². The van der Waals surface area contributed by atoms with Gasteiger partial charge in [-0.25, -0.2) is 0 Å². The molecule has 0 spiro atoms. The molecule has 1 fully saturated rings. The summed E-state index contributed by atoms with van der Waals surface area (Å²) in [6.45, 7) is 4.34. The van der Waals surface area contributed by atoms with Gasteiger partial charge in [-0.15, -0.1) is 0 Å². The van der Waals surface area contributed by atoms with Crippen molar-refractivity contribution in [3.8, 4) is 0 Å². The van der Waals surface area contributed by atoms with E-state index in [1.165, 1.54) is 0 Å². The molecular weight excluding hydrogens is 328 g/mol. The predicted octanol–water partition coefficient (Wildman–Crippen LogP) is 1.51. The molecule has 0 aromatic rings. The van der Waals surface area contributed by atoms with E-state index in [2.05, 4.69) is 6.92 Å². The molecule has 0 aromatic heterocycles. The first kappa shape index (κ1) is 22.3. The third-order valence-electron chi connectivity index (χ3n) is 4.34. The molecule has 1 rings (SSSR count). The van der Waals surface area contributed by atoms with Crippen LogP contribution in [-0.2, 0) is 19.0 Å². The summed E-state index contributed by atoms with van der Waals surface area (Å²) in [6, 6.07) is 0. The van der Waals surface area contributed by atoms with Gasteiger partial charge in [-0.05, 0) is 12.8 Å². The Morgan fingerprint density at radius 2 is 1.60 bits per heavy atom. The van der Waals surface area contributed by atoms with Crippen molar-refractivity contribution in [2.75, 3.05) is 13.2 Å². The van der Waals surface area contributed by atoms with Gasteiger partial charge in [0.05, 0.1) is 0 Å². The van der Waals surface area contributed by atoms with Gasteiger partial charge in [-0.2, -0.15) is 0 Å². The summed E-state index contributed by atoms with van der Waals surface area (Å²) in [5.41, 5.74) is 0. The minimum Gasteiger partial charge on any atom is -0.463 e. The normalized spacial score (nSPS) is 29.6. The van der Waals surface area contributed by atoms with Crippen LogP contribution < -0.4 is 0 Å². The Hall–Kier alpha value is -0.730. The second kappa shape index (κ2) is 12.6. The molecule has 0 aromatic carbocycles. The number of aliphatic hydroxyl groups is 3. The highest BCUT2D eigenvalue weighted by Crippen LogP contribution is 2.23. The van der Waals surface area contributed by atoms with E-state index in [9.17, 15) is 20.1 Å². The highest BCUT2D eigenvalue weighted by Gasteiger charge is 2.44. The number of aliphatic hydroxyl groups excluding tert-OH is 3. The maximum Gasteiger partial charge on any atom is 0.305 e. The fourth-order valence-electron chi connectivity index (χ4n) is 2.66. The maximum atomic E-state index is 11.8. The van der Waals surface area contributed by atoms with E-state index in [1.807, 2.05) is 6.92 Å². The third kappa shape index (κ3) is 8.00. The molecular formula is C18H34O7. The minimum absolute atomic E-state index is 0.174. The molecule has 148 valence electrons. The van der Waals surface area contributed by atoms with Crippen molar-refractivity contribution in [2.45, 2.75) is 95.9 Å². The number of unbranched alkanes of at least 4 members (excludes halogenated alkanes) is 5. The van der Waals surface area contributed by atoms with Crippen LogP contribution in [0, 0.1) is 0 Å². The summed E-state index contributed by atoms with van der Waals surface area (Å²) >= 11 is 0. The van der Waals surface area contributed by atoms with Crippen LogP contribution in [0.1, 0.15) is 65.2 Å². The van der Waals surface area contributed by atoms with E-state index in [1.54, 1.807) is 0 Å². The molecule has 0 amide bonds. The number of carbonyl (C=O) groups is 1. The molecule has 7 nitrogen and oxygen atoms in total. The van der Waals surface area contributed by atoms with Crippen LogP contribution in [0.2, 0.25) is 0 Å². The van der Waals surface area contributed by atoms with E-state index in [-0.39, 0.29) is 12.6 Å². The summed E-state index contributed by atoms with van der Waals surface area (Å²) in [7, 11) is 0. The summed E-state index contributed by atoms with van der Waals surface area (Å²) in [5.74, 6) is -0.351. The number of rotatable bonds is 12. The molecule has 1 aliphatic rings. The molecule has 3 N–H and O–H groups in total. The average Bonchev–Trinajstić information content (AvgIpc) is 2.60. The molecule has 1 heterocycles. The standard InChI is InChI=1S/C18H34O7/c1-3-5-7-8-9-10-14(19)24-12-13-15(20)16(21)17(22)18(25-13)23-11-6-4-2/h13,15-18,20-22H,3-12H2,1-2H3/t13-,15-,16+,17-,18-/m1/s1. The van der Waals surface area contributed by atoms with E-state index in [0.717, 1.165) is 44.9 Å². The fraction of sp³-hybridized carbons (Fsp3) is 0.944. The fourth-order valence-corrected chi connectivity index (χ4v) is 2.66. The summed E-state index contributed by atoms with van der Waals surface area (Å²) < 4.78 is 16.0. The van der Waals surface area contributed by atoms with Gasteiger partial charge >= 0.3 is 5.97 Å². The second-order valence-electron chi connectivity index (χ2n) is 6.59. The lowest BCUT2D eigenvalue weighted by Gasteiger charge is -2.39. The zero-order valence-electron chi connectivity index (χ0n) is 15.4. The van der Waals surface area contributed by atoms with Gasteiger partial charge < -0.3 is 29.5 Å². The van der Waals surface area contributed by atoms with Crippen molar-refractivity contribution in [3.63, 3.8) is 0 Å².